The van der Waals surface area contributed by atoms with E-state index in [0.717, 1.165) is 85.4 Å². The average Bonchev–Trinajstić information content (AvgIpc) is 4.04. The number of carbonyl (C=O) groups is 3. The fourth-order valence-electron chi connectivity index (χ4n) is 10.5. The number of methoxy groups -OCH3 is 1. The number of likely N-dealkylation sites (tertiary alicyclic amines) is 2. The number of nitrogens with zero attached hydrogens (tertiary/aromatic N) is 5. The van der Waals surface area contributed by atoms with Crippen molar-refractivity contribution in [2.75, 3.05) is 33.4 Å². The lowest BCUT2D eigenvalue weighted by Gasteiger charge is -2.32. The molecule has 5 aliphatic rings. The van der Waals surface area contributed by atoms with Crippen molar-refractivity contribution in [1.82, 2.24) is 39.6 Å². The zero-order chi connectivity index (χ0) is 46.1. The molecule has 4 aromatic heterocycles. The van der Waals surface area contributed by atoms with Gasteiger partial charge >= 0.3 is 6.09 Å². The molecule has 350 valence electrons. The molecule has 2 aromatic carbocycles. The summed E-state index contributed by atoms with van der Waals surface area (Å²) < 4.78 is 51.4. The van der Waals surface area contributed by atoms with Crippen LogP contribution in [0.15, 0.2) is 60.9 Å². The fraction of sp³-hybridized carbons (Fsp3) is 0.460. The number of imidazole rings is 2. The first-order valence-corrected chi connectivity index (χ1v) is 24.3. The van der Waals surface area contributed by atoms with Crippen molar-refractivity contribution in [2.24, 2.45) is 5.92 Å². The number of H-pyrrole nitrogens is 2. The van der Waals surface area contributed by atoms with Gasteiger partial charge in [-0.15, -0.1) is 11.3 Å². The van der Waals surface area contributed by atoms with Gasteiger partial charge in [-0.25, -0.2) is 23.5 Å². The minimum Gasteiger partial charge on any atom is -0.464 e. The van der Waals surface area contributed by atoms with Crippen LogP contribution in [0.4, 0.5) is 13.6 Å². The van der Waals surface area contributed by atoms with Crippen LogP contribution in [-0.2, 0) is 19.1 Å². The van der Waals surface area contributed by atoms with Gasteiger partial charge in [-0.05, 0) is 120 Å². The molecule has 4 aliphatic heterocycles. The van der Waals surface area contributed by atoms with E-state index in [9.17, 15) is 14.4 Å². The normalized spacial score (nSPS) is 21.3. The second-order valence-electron chi connectivity index (χ2n) is 19.2. The molecule has 17 heteroatoms. The van der Waals surface area contributed by atoms with Crippen molar-refractivity contribution in [3.05, 3.63) is 88.1 Å². The summed E-state index contributed by atoms with van der Waals surface area (Å²) >= 11 is 1.73. The zero-order valence-corrected chi connectivity index (χ0v) is 38.6. The average molecular weight is 933 g/mol. The van der Waals surface area contributed by atoms with E-state index in [1.165, 1.54) is 42.5 Å². The number of fused-ring (bicyclic) bond motifs is 5. The molecule has 6 aromatic rings. The number of rotatable bonds is 11. The van der Waals surface area contributed by atoms with Crippen molar-refractivity contribution < 1.29 is 37.4 Å². The third-order valence-corrected chi connectivity index (χ3v) is 15.5. The van der Waals surface area contributed by atoms with Crippen molar-refractivity contribution in [3.8, 4) is 39.5 Å². The number of alkyl halides is 1. The Morgan fingerprint density at radius 3 is 2.27 bits per heavy atom. The van der Waals surface area contributed by atoms with Gasteiger partial charge in [-0.2, -0.15) is 0 Å². The summed E-state index contributed by atoms with van der Waals surface area (Å²) in [5.74, 6) is 1.69. The molecule has 4 fully saturated rings. The number of thiophene rings is 1. The Hall–Kier alpha value is -6.07. The van der Waals surface area contributed by atoms with Crippen molar-refractivity contribution >= 4 is 40.1 Å². The van der Waals surface area contributed by atoms with E-state index in [0.29, 0.717) is 71.7 Å². The SMILES string of the molecule is COC(=O)NC(C(=O)N1CCCC1c1ncc(-c2cc(F)c3c(c2)OC(c2ccc(C4CC4)s2)n2c-3cc3cc(-c4cnc(C5CCCN5C(=O)CC5CCOCC5)[nH]4)ccc32)[nH]1)C(C)(C)F. The molecule has 1 aliphatic carbocycles. The fourth-order valence-corrected chi connectivity index (χ4v) is 11.7. The standard InChI is InChI=1S/C50H54F2N8O6S/c1-50(2,52)44(57-49(63)64-3)47(62)59-17-5-7-37(59)46-54-26-34(56-46)30-22-32(51)43-38-23-31-21-29(10-11-35(31)60(38)48(66-39(43)24-30)41-13-12-40(67-41)28-8-9-28)33-25-53-45(55-33)36-6-4-16-58(36)42(61)20-27-14-18-65-19-15-27/h10-13,21-28,36-37,44,48H,4-9,14-20H2,1-3H3,(H,53,55)(H,54,56)(H,57,63). The number of ether oxygens (including phenoxy) is 3. The summed E-state index contributed by atoms with van der Waals surface area (Å²) in [6.45, 7) is 4.98. The topological polar surface area (TPSA) is 160 Å². The second kappa shape index (κ2) is 17.2. The van der Waals surface area contributed by atoms with Crippen LogP contribution >= 0.6 is 11.3 Å². The molecule has 1 saturated carbocycles. The Balaban J connectivity index is 0.900. The smallest absolute Gasteiger partial charge is 0.407 e. The highest BCUT2D eigenvalue weighted by molar-refractivity contribution is 7.12. The Kier molecular flexibility index (Phi) is 11.2. The maximum absolute atomic E-state index is 16.9. The van der Waals surface area contributed by atoms with Gasteiger partial charge in [0.25, 0.3) is 0 Å². The largest absolute Gasteiger partial charge is 0.464 e. The first-order chi connectivity index (χ1) is 32.4. The molecule has 3 saturated heterocycles. The number of benzene rings is 2. The predicted molar refractivity (Wildman–Crippen MR) is 248 cm³/mol. The van der Waals surface area contributed by atoms with Crippen LogP contribution in [0.2, 0.25) is 0 Å². The molecular formula is C50H54F2N8O6S. The number of aromatic nitrogens is 5. The molecule has 3 N–H and O–H groups in total. The summed E-state index contributed by atoms with van der Waals surface area (Å²) in [6.07, 6.45) is 9.70. The number of carbonyl (C=O) groups excluding carboxylic acids is 3. The third kappa shape index (κ3) is 8.17. The highest BCUT2D eigenvalue weighted by Crippen LogP contribution is 2.50. The van der Waals surface area contributed by atoms with E-state index in [1.54, 1.807) is 17.5 Å². The molecule has 67 heavy (non-hydrogen) atoms. The number of halogens is 2. The van der Waals surface area contributed by atoms with E-state index >= 15 is 8.78 Å². The lowest BCUT2D eigenvalue weighted by Crippen LogP contribution is -2.56. The molecule has 11 rings (SSSR count). The Morgan fingerprint density at radius 2 is 1.57 bits per heavy atom. The van der Waals surface area contributed by atoms with Gasteiger partial charge in [-0.3, -0.25) is 14.2 Å². The van der Waals surface area contributed by atoms with E-state index in [1.807, 2.05) is 23.2 Å². The van der Waals surface area contributed by atoms with Crippen LogP contribution < -0.4 is 10.1 Å². The number of alkyl carbamates (subject to hydrolysis) is 1. The molecule has 4 atom stereocenters. The van der Waals surface area contributed by atoms with Crippen LogP contribution in [0.1, 0.15) is 117 Å². The Morgan fingerprint density at radius 1 is 0.881 bits per heavy atom. The zero-order valence-electron chi connectivity index (χ0n) is 37.8. The lowest BCUT2D eigenvalue weighted by atomic mass is 9.96. The quantitative estimate of drug-likeness (QED) is 0.116. The number of aromatic amines is 2. The van der Waals surface area contributed by atoms with Gasteiger partial charge in [0.15, 0.2) is 0 Å². The van der Waals surface area contributed by atoms with Gasteiger partial charge < -0.3 is 39.3 Å². The Labute approximate surface area is 390 Å². The molecular weight excluding hydrogens is 879 g/mol. The van der Waals surface area contributed by atoms with E-state index in [2.05, 4.69) is 59.9 Å². The molecule has 0 spiro atoms. The first kappa shape index (κ1) is 43.5. The van der Waals surface area contributed by atoms with Gasteiger partial charge in [0, 0.05) is 54.1 Å². The van der Waals surface area contributed by atoms with Crippen LogP contribution in [-0.4, -0.2) is 97.3 Å². The number of amides is 3. The lowest BCUT2D eigenvalue weighted by molar-refractivity contribution is -0.138. The molecule has 3 amide bonds. The van der Waals surface area contributed by atoms with Crippen LogP contribution in [0.25, 0.3) is 44.7 Å². The predicted octanol–water partition coefficient (Wildman–Crippen LogP) is 9.72. The second-order valence-corrected chi connectivity index (χ2v) is 20.3. The van der Waals surface area contributed by atoms with Crippen molar-refractivity contribution in [3.63, 3.8) is 0 Å². The molecule has 4 unspecified atom stereocenters. The van der Waals surface area contributed by atoms with E-state index in [4.69, 9.17) is 14.5 Å². The number of hydrogen-bond acceptors (Lipinski definition) is 9. The van der Waals surface area contributed by atoms with E-state index in [-0.39, 0.29) is 11.9 Å². The minimum absolute atomic E-state index is 0.0974. The van der Waals surface area contributed by atoms with Crippen LogP contribution in [0.3, 0.4) is 0 Å². The number of nitrogens with one attached hydrogen (secondary N) is 3. The van der Waals surface area contributed by atoms with Gasteiger partial charge in [-0.1, -0.05) is 6.07 Å². The molecule has 0 bridgehead atoms. The third-order valence-electron chi connectivity index (χ3n) is 14.2. The highest BCUT2D eigenvalue weighted by atomic mass is 32.1. The van der Waals surface area contributed by atoms with Crippen molar-refractivity contribution in [2.45, 2.75) is 108 Å². The highest BCUT2D eigenvalue weighted by Gasteiger charge is 2.44. The van der Waals surface area contributed by atoms with E-state index < -0.39 is 41.8 Å². The summed E-state index contributed by atoms with van der Waals surface area (Å²) in [5.41, 5.74) is 2.66. The van der Waals surface area contributed by atoms with Crippen molar-refractivity contribution in [1.29, 1.82) is 0 Å². The molecule has 8 heterocycles. The molecule has 14 nitrogen and oxygen atoms in total. The summed E-state index contributed by atoms with van der Waals surface area (Å²) in [4.78, 5) is 61.6. The number of hydrogen-bond donors (Lipinski definition) is 3. The van der Waals surface area contributed by atoms with Gasteiger partial charge in [0.1, 0.15) is 34.9 Å². The van der Waals surface area contributed by atoms with Gasteiger partial charge in [0.05, 0.1) is 64.6 Å². The molecule has 0 radical (unpaired) electrons. The van der Waals surface area contributed by atoms with Crippen LogP contribution in [0.5, 0.6) is 5.75 Å². The Bertz CT molecular complexity index is 2870. The van der Waals surface area contributed by atoms with Gasteiger partial charge in [0.2, 0.25) is 18.0 Å². The summed E-state index contributed by atoms with van der Waals surface area (Å²) in [7, 11) is 1.16. The summed E-state index contributed by atoms with van der Waals surface area (Å²) in [6, 6.07) is 13.7. The monoisotopic (exact) mass is 932 g/mol. The maximum Gasteiger partial charge on any atom is 0.407 e. The first-order valence-electron chi connectivity index (χ1n) is 23.5. The van der Waals surface area contributed by atoms with Crippen LogP contribution in [0, 0.1) is 11.7 Å². The summed E-state index contributed by atoms with van der Waals surface area (Å²) in [5, 5.41) is 3.28. The minimum atomic E-state index is -2.07. The maximum atomic E-state index is 16.9.